The van der Waals surface area contributed by atoms with E-state index in [2.05, 4.69) is 42.8 Å². The summed E-state index contributed by atoms with van der Waals surface area (Å²) in [6.45, 7) is 17.8. The zero-order chi connectivity index (χ0) is 13.4. The van der Waals surface area contributed by atoms with Crippen LogP contribution in [-0.4, -0.2) is 61.7 Å². The van der Waals surface area contributed by atoms with Crippen molar-refractivity contribution in [2.45, 2.75) is 46.6 Å². The van der Waals surface area contributed by atoms with Crippen molar-refractivity contribution >= 4 is 0 Å². The van der Waals surface area contributed by atoms with Gasteiger partial charge in [-0.1, -0.05) is 27.7 Å². The third kappa shape index (κ3) is 6.17. The highest BCUT2D eigenvalue weighted by atomic mass is 15.3. The van der Waals surface area contributed by atoms with Crippen LogP contribution in [0.25, 0.3) is 0 Å². The predicted molar refractivity (Wildman–Crippen MR) is 80.1 cm³/mol. The van der Waals surface area contributed by atoms with Crippen LogP contribution >= 0.6 is 0 Å². The average Bonchev–Trinajstić information content (AvgIpc) is 2.36. The van der Waals surface area contributed by atoms with Gasteiger partial charge < -0.3 is 10.2 Å². The molecule has 0 aromatic heterocycles. The van der Waals surface area contributed by atoms with Crippen LogP contribution < -0.4 is 5.32 Å². The first-order valence-electron chi connectivity index (χ1n) is 7.83. The van der Waals surface area contributed by atoms with Crippen molar-refractivity contribution in [1.29, 1.82) is 0 Å². The molecule has 1 aliphatic heterocycles. The van der Waals surface area contributed by atoms with Gasteiger partial charge in [-0.15, -0.1) is 0 Å². The highest BCUT2D eigenvalue weighted by Gasteiger charge is 2.19. The summed E-state index contributed by atoms with van der Waals surface area (Å²) in [6.07, 6.45) is 2.48. The quantitative estimate of drug-likeness (QED) is 0.716. The molecule has 1 atom stereocenters. The van der Waals surface area contributed by atoms with E-state index in [0.29, 0.717) is 6.04 Å². The monoisotopic (exact) mass is 255 g/mol. The van der Waals surface area contributed by atoms with Gasteiger partial charge in [0.2, 0.25) is 0 Å². The molecule has 1 saturated heterocycles. The second-order valence-corrected chi connectivity index (χ2v) is 6.05. The van der Waals surface area contributed by atoms with Gasteiger partial charge in [-0.25, -0.2) is 0 Å². The lowest BCUT2D eigenvalue weighted by atomic mass is 10.1. The van der Waals surface area contributed by atoms with Crippen LogP contribution in [0, 0.1) is 5.92 Å². The number of rotatable bonds is 8. The second-order valence-electron chi connectivity index (χ2n) is 6.05. The second kappa shape index (κ2) is 8.89. The highest BCUT2D eigenvalue weighted by Crippen LogP contribution is 2.06. The maximum Gasteiger partial charge on any atom is 0.0192 e. The van der Waals surface area contributed by atoms with Crippen molar-refractivity contribution < 1.29 is 0 Å². The summed E-state index contributed by atoms with van der Waals surface area (Å²) in [7, 11) is 0. The molecule has 0 aromatic rings. The van der Waals surface area contributed by atoms with E-state index in [1.807, 2.05) is 0 Å². The lowest BCUT2D eigenvalue weighted by Crippen LogP contribution is -2.51. The van der Waals surface area contributed by atoms with Gasteiger partial charge in [-0.2, -0.15) is 0 Å². The first kappa shape index (κ1) is 15.9. The van der Waals surface area contributed by atoms with Crippen LogP contribution in [0.4, 0.5) is 0 Å². The van der Waals surface area contributed by atoms with Crippen LogP contribution in [0.3, 0.4) is 0 Å². The summed E-state index contributed by atoms with van der Waals surface area (Å²) in [5.74, 6) is 0.797. The van der Waals surface area contributed by atoms with E-state index in [9.17, 15) is 0 Å². The van der Waals surface area contributed by atoms with Gasteiger partial charge in [0.05, 0.1) is 0 Å². The van der Waals surface area contributed by atoms with Crippen LogP contribution in [-0.2, 0) is 0 Å². The Bertz CT molecular complexity index is 198. The Morgan fingerprint density at radius 3 is 1.94 bits per heavy atom. The van der Waals surface area contributed by atoms with Crippen LogP contribution in [0.2, 0.25) is 0 Å². The molecule has 1 heterocycles. The molecular weight excluding hydrogens is 222 g/mol. The lowest BCUT2D eigenvalue weighted by Gasteiger charge is -2.37. The Balaban J connectivity index is 2.21. The maximum atomic E-state index is 3.65. The third-order valence-electron chi connectivity index (χ3n) is 3.74. The fraction of sp³-hybridized carbons (Fsp3) is 1.00. The van der Waals surface area contributed by atoms with E-state index in [0.717, 1.165) is 12.5 Å². The molecule has 0 bridgehead atoms. The maximum absolute atomic E-state index is 3.65. The predicted octanol–water partition coefficient (Wildman–Crippen LogP) is 2.04. The summed E-state index contributed by atoms with van der Waals surface area (Å²) < 4.78 is 0. The van der Waals surface area contributed by atoms with E-state index >= 15 is 0 Å². The molecule has 3 nitrogen and oxygen atoms in total. The lowest BCUT2D eigenvalue weighted by molar-refractivity contribution is 0.113. The molecule has 1 N–H and O–H groups in total. The first-order chi connectivity index (χ1) is 8.65. The molecule has 1 aliphatic rings. The Morgan fingerprint density at radius 2 is 1.50 bits per heavy atom. The molecule has 1 rings (SSSR count). The van der Waals surface area contributed by atoms with Gasteiger partial charge in [-0.3, -0.25) is 4.90 Å². The largest absolute Gasteiger partial charge is 0.313 e. The first-order valence-corrected chi connectivity index (χ1v) is 7.83. The van der Waals surface area contributed by atoms with Gasteiger partial charge in [-0.05, 0) is 25.3 Å². The Labute approximate surface area is 114 Å². The zero-order valence-electron chi connectivity index (χ0n) is 12.9. The Hall–Kier alpha value is -0.120. The summed E-state index contributed by atoms with van der Waals surface area (Å²) in [4.78, 5) is 5.25. The molecule has 0 saturated carbocycles. The molecule has 108 valence electrons. The normalized spacial score (nSPS) is 20.5. The van der Waals surface area contributed by atoms with Gasteiger partial charge >= 0.3 is 0 Å². The number of hydrogen-bond acceptors (Lipinski definition) is 3. The van der Waals surface area contributed by atoms with Gasteiger partial charge in [0.15, 0.2) is 0 Å². The van der Waals surface area contributed by atoms with E-state index < -0.39 is 0 Å². The van der Waals surface area contributed by atoms with E-state index in [-0.39, 0.29) is 0 Å². The number of hydrogen-bond donors (Lipinski definition) is 1. The molecular formula is C15H33N3. The van der Waals surface area contributed by atoms with Crippen molar-refractivity contribution in [3.63, 3.8) is 0 Å². The molecule has 0 aromatic carbocycles. The Morgan fingerprint density at radius 1 is 0.944 bits per heavy atom. The van der Waals surface area contributed by atoms with Gasteiger partial charge in [0, 0.05) is 45.3 Å². The van der Waals surface area contributed by atoms with Gasteiger partial charge in [0.25, 0.3) is 0 Å². The zero-order valence-corrected chi connectivity index (χ0v) is 12.9. The average molecular weight is 255 g/mol. The van der Waals surface area contributed by atoms with E-state index in [1.54, 1.807) is 0 Å². The van der Waals surface area contributed by atoms with E-state index in [4.69, 9.17) is 0 Å². The summed E-state index contributed by atoms with van der Waals surface area (Å²) in [6, 6.07) is 0.682. The molecule has 0 aliphatic carbocycles. The molecule has 1 unspecified atom stereocenters. The van der Waals surface area contributed by atoms with Crippen molar-refractivity contribution in [3.8, 4) is 0 Å². The molecule has 18 heavy (non-hydrogen) atoms. The SMILES string of the molecule is CCCNC(CC)CN1CCN(CC(C)C)CC1. The minimum atomic E-state index is 0.682. The third-order valence-corrected chi connectivity index (χ3v) is 3.74. The van der Waals surface area contributed by atoms with Crippen molar-refractivity contribution in [1.82, 2.24) is 15.1 Å². The summed E-state index contributed by atoms with van der Waals surface area (Å²) in [5, 5.41) is 3.65. The molecule has 1 fully saturated rings. The Kier molecular flexibility index (Phi) is 7.87. The standard InChI is InChI=1S/C15H33N3/c1-5-7-16-15(6-2)13-18-10-8-17(9-11-18)12-14(3)4/h14-16H,5-13H2,1-4H3. The number of nitrogens with zero attached hydrogens (tertiary/aromatic N) is 2. The van der Waals surface area contributed by atoms with Crippen LogP contribution in [0.1, 0.15) is 40.5 Å². The highest BCUT2D eigenvalue weighted by molar-refractivity contribution is 4.77. The van der Waals surface area contributed by atoms with Crippen LogP contribution in [0.5, 0.6) is 0 Å². The van der Waals surface area contributed by atoms with Crippen molar-refractivity contribution in [2.24, 2.45) is 5.92 Å². The minimum Gasteiger partial charge on any atom is -0.313 e. The smallest absolute Gasteiger partial charge is 0.0192 e. The summed E-state index contributed by atoms with van der Waals surface area (Å²) in [5.41, 5.74) is 0. The summed E-state index contributed by atoms with van der Waals surface area (Å²) >= 11 is 0. The topological polar surface area (TPSA) is 18.5 Å². The fourth-order valence-corrected chi connectivity index (χ4v) is 2.67. The van der Waals surface area contributed by atoms with Crippen molar-refractivity contribution in [3.05, 3.63) is 0 Å². The van der Waals surface area contributed by atoms with Crippen molar-refractivity contribution in [2.75, 3.05) is 45.8 Å². The van der Waals surface area contributed by atoms with Crippen LogP contribution in [0.15, 0.2) is 0 Å². The molecule has 3 heteroatoms. The van der Waals surface area contributed by atoms with Gasteiger partial charge in [0.1, 0.15) is 0 Å². The molecule has 0 amide bonds. The number of nitrogens with one attached hydrogen (secondary N) is 1. The van der Waals surface area contributed by atoms with E-state index in [1.165, 1.54) is 52.1 Å². The fourth-order valence-electron chi connectivity index (χ4n) is 2.67. The number of piperazine rings is 1. The molecule has 0 spiro atoms. The molecule has 0 radical (unpaired) electrons. The minimum absolute atomic E-state index is 0.682.